The van der Waals surface area contributed by atoms with Crippen LogP contribution in [0.1, 0.15) is 30.4 Å². The van der Waals surface area contributed by atoms with Gasteiger partial charge in [0.2, 0.25) is 0 Å². The fourth-order valence-electron chi connectivity index (χ4n) is 3.60. The molecule has 2 aromatic carbocycles. The zero-order valence-corrected chi connectivity index (χ0v) is 16.3. The van der Waals surface area contributed by atoms with Crippen molar-refractivity contribution in [3.05, 3.63) is 65.0 Å². The number of benzene rings is 2. The lowest BCUT2D eigenvalue weighted by atomic mass is 10.0. The van der Waals surface area contributed by atoms with E-state index in [2.05, 4.69) is 25.6 Å². The van der Waals surface area contributed by atoms with E-state index in [1.807, 2.05) is 38.1 Å². The number of hydrogen-bond acceptors (Lipinski definition) is 5. The SMILES string of the molecule is CC(C)n1nccc1C(=O)Nc1cc(-c2cccc3[nH]c(=O)oc23)cc2[nH]ncc12. The highest BCUT2D eigenvalue weighted by Gasteiger charge is 2.18. The summed E-state index contributed by atoms with van der Waals surface area (Å²) in [6, 6.07) is 10.9. The van der Waals surface area contributed by atoms with E-state index >= 15 is 0 Å². The molecule has 0 unspecified atom stereocenters. The number of H-pyrrole nitrogens is 2. The van der Waals surface area contributed by atoms with E-state index in [0.29, 0.717) is 22.5 Å². The molecule has 3 heterocycles. The Balaban J connectivity index is 1.62. The summed E-state index contributed by atoms with van der Waals surface area (Å²) in [5.74, 6) is -0.789. The molecular weight excluding hydrogens is 384 g/mol. The van der Waals surface area contributed by atoms with Gasteiger partial charge in [-0.15, -0.1) is 0 Å². The highest BCUT2D eigenvalue weighted by Crippen LogP contribution is 2.33. The summed E-state index contributed by atoms with van der Waals surface area (Å²) in [6.07, 6.45) is 3.26. The predicted octanol–water partition coefficient (Wildman–Crippen LogP) is 3.69. The van der Waals surface area contributed by atoms with Crippen LogP contribution < -0.4 is 11.1 Å². The number of nitrogens with zero attached hydrogens (tertiary/aromatic N) is 3. The number of aromatic amines is 2. The van der Waals surface area contributed by atoms with E-state index in [1.54, 1.807) is 29.2 Å². The molecule has 0 fully saturated rings. The van der Waals surface area contributed by atoms with E-state index in [1.165, 1.54) is 0 Å². The van der Waals surface area contributed by atoms with Crippen LogP contribution in [0.4, 0.5) is 5.69 Å². The van der Waals surface area contributed by atoms with Crippen LogP contribution in [0.3, 0.4) is 0 Å². The molecular formula is C21H18N6O3. The summed E-state index contributed by atoms with van der Waals surface area (Å²) in [5.41, 5.74) is 4.36. The van der Waals surface area contributed by atoms with Gasteiger partial charge in [0.1, 0.15) is 5.69 Å². The fourth-order valence-corrected chi connectivity index (χ4v) is 3.60. The minimum atomic E-state index is -0.518. The second-order valence-corrected chi connectivity index (χ2v) is 7.26. The molecule has 0 bridgehead atoms. The van der Waals surface area contributed by atoms with Gasteiger partial charge in [-0.2, -0.15) is 10.2 Å². The standard InChI is InChI=1S/C21H18N6O3/c1-11(2)27-18(6-7-23-27)20(28)24-16-8-12(9-17-14(16)10-22-26-17)13-4-3-5-15-19(13)30-21(29)25-15/h3-11H,1-2H3,(H,22,26)(H,24,28)(H,25,29). The first-order valence-electron chi connectivity index (χ1n) is 9.45. The Kier molecular flexibility index (Phi) is 4.02. The molecule has 0 aliphatic heterocycles. The van der Waals surface area contributed by atoms with Crippen LogP contribution in [-0.4, -0.2) is 30.9 Å². The Hall–Kier alpha value is -4.14. The van der Waals surface area contributed by atoms with Crippen LogP contribution in [0.5, 0.6) is 0 Å². The molecule has 5 rings (SSSR count). The van der Waals surface area contributed by atoms with E-state index < -0.39 is 5.76 Å². The Morgan fingerprint density at radius 1 is 1.20 bits per heavy atom. The molecule has 3 aromatic heterocycles. The van der Waals surface area contributed by atoms with Crippen molar-refractivity contribution >= 4 is 33.6 Å². The van der Waals surface area contributed by atoms with E-state index in [9.17, 15) is 9.59 Å². The van der Waals surface area contributed by atoms with Gasteiger partial charge in [-0.25, -0.2) is 4.79 Å². The Morgan fingerprint density at radius 3 is 2.90 bits per heavy atom. The topological polar surface area (TPSA) is 122 Å². The minimum absolute atomic E-state index is 0.0510. The maximum atomic E-state index is 13.0. The van der Waals surface area contributed by atoms with Gasteiger partial charge in [0.25, 0.3) is 5.91 Å². The summed E-state index contributed by atoms with van der Waals surface area (Å²) in [5, 5.41) is 15.0. The number of nitrogens with one attached hydrogen (secondary N) is 3. The van der Waals surface area contributed by atoms with Gasteiger partial charge in [0, 0.05) is 23.2 Å². The van der Waals surface area contributed by atoms with Gasteiger partial charge in [-0.1, -0.05) is 12.1 Å². The molecule has 0 spiro atoms. The smallest absolute Gasteiger partial charge is 0.407 e. The lowest BCUT2D eigenvalue weighted by Gasteiger charge is -2.13. The van der Waals surface area contributed by atoms with E-state index in [4.69, 9.17) is 4.42 Å². The number of carbonyl (C=O) groups excluding carboxylic acids is 1. The van der Waals surface area contributed by atoms with Crippen molar-refractivity contribution in [2.45, 2.75) is 19.9 Å². The maximum absolute atomic E-state index is 13.0. The molecule has 1 amide bonds. The predicted molar refractivity (Wildman–Crippen MR) is 112 cm³/mol. The van der Waals surface area contributed by atoms with Gasteiger partial charge in [0.05, 0.1) is 22.9 Å². The maximum Gasteiger partial charge on any atom is 0.417 e. The van der Waals surface area contributed by atoms with Gasteiger partial charge in [-0.05, 0) is 43.7 Å². The molecule has 150 valence electrons. The van der Waals surface area contributed by atoms with Crippen LogP contribution in [-0.2, 0) is 0 Å². The summed E-state index contributed by atoms with van der Waals surface area (Å²) in [7, 11) is 0. The molecule has 0 radical (unpaired) electrons. The normalized spacial score (nSPS) is 11.6. The molecule has 30 heavy (non-hydrogen) atoms. The van der Waals surface area contributed by atoms with Crippen molar-refractivity contribution < 1.29 is 9.21 Å². The lowest BCUT2D eigenvalue weighted by molar-refractivity contribution is 0.101. The molecule has 9 nitrogen and oxygen atoms in total. The number of oxazole rings is 1. The van der Waals surface area contributed by atoms with Crippen LogP contribution in [0.15, 0.2) is 58.0 Å². The monoisotopic (exact) mass is 402 g/mol. The number of anilines is 1. The molecule has 5 aromatic rings. The van der Waals surface area contributed by atoms with Crippen LogP contribution in [0.25, 0.3) is 33.1 Å². The number of fused-ring (bicyclic) bond motifs is 2. The number of amides is 1. The van der Waals surface area contributed by atoms with Crippen LogP contribution >= 0.6 is 0 Å². The van der Waals surface area contributed by atoms with E-state index in [0.717, 1.165) is 22.0 Å². The van der Waals surface area contributed by atoms with Crippen molar-refractivity contribution in [2.24, 2.45) is 0 Å². The molecule has 3 N–H and O–H groups in total. The summed E-state index contributed by atoms with van der Waals surface area (Å²) in [6.45, 7) is 3.92. The van der Waals surface area contributed by atoms with Gasteiger partial charge < -0.3 is 9.73 Å². The minimum Gasteiger partial charge on any atom is -0.407 e. The van der Waals surface area contributed by atoms with Crippen molar-refractivity contribution in [1.29, 1.82) is 0 Å². The molecule has 0 aliphatic carbocycles. The molecule has 0 saturated heterocycles. The molecule has 9 heteroatoms. The summed E-state index contributed by atoms with van der Waals surface area (Å²) >= 11 is 0. The average Bonchev–Trinajstić information content (AvgIpc) is 3.45. The highest BCUT2D eigenvalue weighted by atomic mass is 16.4. The van der Waals surface area contributed by atoms with E-state index in [-0.39, 0.29) is 11.9 Å². The Morgan fingerprint density at radius 2 is 2.07 bits per heavy atom. The van der Waals surface area contributed by atoms with Gasteiger partial charge in [0.15, 0.2) is 5.58 Å². The van der Waals surface area contributed by atoms with Crippen LogP contribution in [0, 0.1) is 0 Å². The molecule has 0 atom stereocenters. The van der Waals surface area contributed by atoms with Crippen LogP contribution in [0.2, 0.25) is 0 Å². The highest BCUT2D eigenvalue weighted by molar-refractivity contribution is 6.09. The quantitative estimate of drug-likeness (QED) is 0.423. The third-order valence-electron chi connectivity index (χ3n) is 4.96. The molecule has 0 aliphatic rings. The fraction of sp³-hybridized carbons (Fsp3) is 0.143. The first kappa shape index (κ1) is 17.9. The van der Waals surface area contributed by atoms with Crippen molar-refractivity contribution in [3.8, 4) is 11.1 Å². The second-order valence-electron chi connectivity index (χ2n) is 7.26. The Bertz CT molecular complexity index is 1450. The first-order chi connectivity index (χ1) is 14.5. The zero-order valence-electron chi connectivity index (χ0n) is 16.3. The number of para-hydroxylation sites is 1. The van der Waals surface area contributed by atoms with Gasteiger partial charge >= 0.3 is 5.76 Å². The molecule has 0 saturated carbocycles. The number of hydrogen-bond donors (Lipinski definition) is 3. The van der Waals surface area contributed by atoms with Crippen molar-refractivity contribution in [2.75, 3.05) is 5.32 Å². The number of aromatic nitrogens is 5. The van der Waals surface area contributed by atoms with Gasteiger partial charge in [-0.3, -0.25) is 19.6 Å². The van der Waals surface area contributed by atoms with Crippen molar-refractivity contribution in [3.63, 3.8) is 0 Å². The third kappa shape index (κ3) is 2.87. The van der Waals surface area contributed by atoms with Crippen molar-refractivity contribution in [1.82, 2.24) is 25.0 Å². The number of rotatable bonds is 4. The lowest BCUT2D eigenvalue weighted by Crippen LogP contribution is -2.19. The zero-order chi connectivity index (χ0) is 20.8. The first-order valence-corrected chi connectivity index (χ1v) is 9.45. The second kappa shape index (κ2) is 6.73. The third-order valence-corrected chi connectivity index (χ3v) is 4.96. The number of carbonyl (C=O) groups is 1. The summed E-state index contributed by atoms with van der Waals surface area (Å²) < 4.78 is 7.00. The largest absolute Gasteiger partial charge is 0.417 e. The Labute approximate surface area is 169 Å². The summed E-state index contributed by atoms with van der Waals surface area (Å²) in [4.78, 5) is 27.3. The average molecular weight is 402 g/mol.